The van der Waals surface area contributed by atoms with Crippen molar-refractivity contribution in [1.82, 2.24) is 10.5 Å². The van der Waals surface area contributed by atoms with Gasteiger partial charge in [-0.2, -0.15) is 0 Å². The largest absolute Gasteiger partial charge is 0.493 e. The number of ether oxygens (including phenoxy) is 4. The van der Waals surface area contributed by atoms with Crippen molar-refractivity contribution < 1.29 is 28.3 Å². The van der Waals surface area contributed by atoms with Gasteiger partial charge in [-0.05, 0) is 30.3 Å². The summed E-state index contributed by atoms with van der Waals surface area (Å²) in [6.45, 7) is 1.15. The van der Waals surface area contributed by atoms with Crippen LogP contribution in [0, 0.1) is 0 Å². The number of hydrogen-bond acceptors (Lipinski definition) is 7. The van der Waals surface area contributed by atoms with Crippen molar-refractivity contribution in [2.75, 3.05) is 26.9 Å². The smallest absolute Gasteiger partial charge is 0.258 e. The van der Waals surface area contributed by atoms with Gasteiger partial charge >= 0.3 is 0 Å². The van der Waals surface area contributed by atoms with E-state index in [0.29, 0.717) is 47.7 Å². The van der Waals surface area contributed by atoms with E-state index in [9.17, 15) is 4.79 Å². The first-order valence-electron chi connectivity index (χ1n) is 9.11. The minimum Gasteiger partial charge on any atom is -0.493 e. The molecule has 1 aromatic heterocycles. The number of carbonyl (C=O) groups is 1. The van der Waals surface area contributed by atoms with Gasteiger partial charge < -0.3 is 28.8 Å². The molecule has 0 spiro atoms. The molecule has 2 heterocycles. The number of rotatable bonds is 7. The Kier molecular flexibility index (Phi) is 5.51. The number of hydrogen-bond donors (Lipinski definition) is 1. The molecule has 4 rings (SSSR count). The number of para-hydroxylation sites is 2. The van der Waals surface area contributed by atoms with Gasteiger partial charge in [0.05, 0.1) is 13.7 Å². The summed E-state index contributed by atoms with van der Waals surface area (Å²) in [7, 11) is 1.55. The maximum atomic E-state index is 12.1. The molecule has 0 radical (unpaired) electrons. The van der Waals surface area contributed by atoms with Gasteiger partial charge in [-0.3, -0.25) is 4.79 Å². The van der Waals surface area contributed by atoms with E-state index >= 15 is 0 Å². The third-order valence-electron chi connectivity index (χ3n) is 4.28. The summed E-state index contributed by atoms with van der Waals surface area (Å²) in [5.41, 5.74) is 1.42. The van der Waals surface area contributed by atoms with Gasteiger partial charge in [0.2, 0.25) is 0 Å². The molecule has 0 unspecified atom stereocenters. The monoisotopic (exact) mass is 396 g/mol. The molecule has 8 heteroatoms. The van der Waals surface area contributed by atoms with Crippen LogP contribution in [0.5, 0.6) is 23.0 Å². The normalized spacial score (nSPS) is 12.3. The van der Waals surface area contributed by atoms with E-state index in [4.69, 9.17) is 23.5 Å². The lowest BCUT2D eigenvalue weighted by Crippen LogP contribution is -2.28. The molecule has 1 N–H and O–H groups in total. The van der Waals surface area contributed by atoms with E-state index in [2.05, 4.69) is 10.5 Å². The Morgan fingerprint density at radius 3 is 2.69 bits per heavy atom. The molecule has 0 aliphatic carbocycles. The van der Waals surface area contributed by atoms with Crippen molar-refractivity contribution in [2.24, 2.45) is 0 Å². The molecule has 0 atom stereocenters. The first-order valence-corrected chi connectivity index (χ1v) is 9.11. The standard InChI is InChI=1S/C21H20N2O6/c1-25-16-4-2-3-5-17(16)28-13-21(24)22-12-15-11-19(29-23-15)14-6-7-18-20(10-14)27-9-8-26-18/h2-7,10-11H,8-9,12-13H2,1H3,(H,22,24). The molecule has 0 saturated heterocycles. The predicted octanol–water partition coefficient (Wildman–Crippen LogP) is 2.82. The van der Waals surface area contributed by atoms with Gasteiger partial charge in [-0.25, -0.2) is 0 Å². The summed E-state index contributed by atoms with van der Waals surface area (Å²) in [4.78, 5) is 12.1. The fourth-order valence-electron chi connectivity index (χ4n) is 2.85. The Morgan fingerprint density at radius 1 is 1.07 bits per heavy atom. The van der Waals surface area contributed by atoms with Gasteiger partial charge in [0, 0.05) is 11.6 Å². The minimum absolute atomic E-state index is 0.132. The van der Waals surface area contributed by atoms with Gasteiger partial charge in [-0.15, -0.1) is 0 Å². The maximum absolute atomic E-state index is 12.1. The average molecular weight is 396 g/mol. The van der Waals surface area contributed by atoms with Crippen LogP contribution in [0.25, 0.3) is 11.3 Å². The van der Waals surface area contributed by atoms with Crippen LogP contribution in [0.2, 0.25) is 0 Å². The number of aromatic nitrogens is 1. The lowest BCUT2D eigenvalue weighted by molar-refractivity contribution is -0.123. The van der Waals surface area contributed by atoms with Gasteiger partial charge in [-0.1, -0.05) is 17.3 Å². The van der Waals surface area contributed by atoms with Gasteiger partial charge in [0.25, 0.3) is 5.91 Å². The first-order chi connectivity index (χ1) is 14.2. The van der Waals surface area contributed by atoms with Crippen LogP contribution >= 0.6 is 0 Å². The van der Waals surface area contributed by atoms with Crippen LogP contribution in [0.4, 0.5) is 0 Å². The van der Waals surface area contributed by atoms with Gasteiger partial charge in [0.15, 0.2) is 35.4 Å². The van der Waals surface area contributed by atoms with E-state index in [-0.39, 0.29) is 19.1 Å². The summed E-state index contributed by atoms with van der Waals surface area (Å²) >= 11 is 0. The van der Waals surface area contributed by atoms with Crippen molar-refractivity contribution in [1.29, 1.82) is 0 Å². The quantitative estimate of drug-likeness (QED) is 0.656. The summed E-state index contributed by atoms with van der Waals surface area (Å²) in [6, 6.07) is 14.5. The summed E-state index contributed by atoms with van der Waals surface area (Å²) in [5, 5.41) is 6.75. The Bertz CT molecular complexity index is 1000. The average Bonchev–Trinajstić information content (AvgIpc) is 3.25. The molecule has 1 aliphatic heterocycles. The molecule has 0 saturated carbocycles. The molecular formula is C21H20N2O6. The maximum Gasteiger partial charge on any atom is 0.258 e. The van der Waals surface area contributed by atoms with E-state index < -0.39 is 0 Å². The highest BCUT2D eigenvalue weighted by Crippen LogP contribution is 2.34. The van der Waals surface area contributed by atoms with E-state index in [1.54, 1.807) is 25.3 Å². The predicted molar refractivity (Wildman–Crippen MR) is 103 cm³/mol. The highest BCUT2D eigenvalue weighted by molar-refractivity contribution is 5.77. The number of methoxy groups -OCH3 is 1. The topological polar surface area (TPSA) is 92.1 Å². The van der Waals surface area contributed by atoms with E-state index in [0.717, 1.165) is 5.56 Å². The van der Waals surface area contributed by atoms with Crippen LogP contribution in [0.1, 0.15) is 5.69 Å². The molecule has 1 aliphatic rings. The Morgan fingerprint density at radius 2 is 1.86 bits per heavy atom. The second-order valence-corrected chi connectivity index (χ2v) is 6.26. The Hall–Kier alpha value is -3.68. The van der Waals surface area contributed by atoms with Crippen LogP contribution in [-0.2, 0) is 11.3 Å². The van der Waals surface area contributed by atoms with Crippen LogP contribution in [0.3, 0.4) is 0 Å². The van der Waals surface area contributed by atoms with Crippen molar-refractivity contribution in [3.63, 3.8) is 0 Å². The van der Waals surface area contributed by atoms with Crippen molar-refractivity contribution in [3.8, 4) is 34.3 Å². The molecule has 0 fully saturated rings. The fourth-order valence-corrected chi connectivity index (χ4v) is 2.85. The van der Waals surface area contributed by atoms with E-state index in [1.807, 2.05) is 30.3 Å². The number of nitrogens with one attached hydrogen (secondary N) is 1. The number of amides is 1. The molecule has 2 aromatic carbocycles. The Balaban J connectivity index is 1.32. The summed E-state index contributed by atoms with van der Waals surface area (Å²) < 4.78 is 27.2. The molecule has 0 bridgehead atoms. The highest BCUT2D eigenvalue weighted by atomic mass is 16.6. The van der Waals surface area contributed by atoms with Crippen LogP contribution in [0.15, 0.2) is 53.1 Å². The van der Waals surface area contributed by atoms with Gasteiger partial charge in [0.1, 0.15) is 18.9 Å². The van der Waals surface area contributed by atoms with Crippen LogP contribution in [-0.4, -0.2) is 38.0 Å². The number of benzene rings is 2. The first kappa shape index (κ1) is 18.7. The molecular weight excluding hydrogens is 376 g/mol. The van der Waals surface area contributed by atoms with Crippen LogP contribution < -0.4 is 24.3 Å². The summed E-state index contributed by atoms with van der Waals surface area (Å²) in [5.74, 6) is 2.76. The SMILES string of the molecule is COc1ccccc1OCC(=O)NCc1cc(-c2ccc3c(c2)OCCO3)on1. The zero-order valence-electron chi connectivity index (χ0n) is 15.8. The Labute approximate surface area is 167 Å². The lowest BCUT2D eigenvalue weighted by Gasteiger charge is -2.18. The minimum atomic E-state index is -0.278. The molecule has 150 valence electrons. The second kappa shape index (κ2) is 8.55. The summed E-state index contributed by atoms with van der Waals surface area (Å²) in [6.07, 6.45) is 0. The zero-order chi connectivity index (χ0) is 20.1. The number of carbonyl (C=O) groups excluding carboxylic acids is 1. The zero-order valence-corrected chi connectivity index (χ0v) is 15.8. The number of nitrogens with zero attached hydrogens (tertiary/aromatic N) is 1. The molecule has 29 heavy (non-hydrogen) atoms. The number of fused-ring (bicyclic) bond motifs is 1. The van der Waals surface area contributed by atoms with E-state index in [1.165, 1.54) is 0 Å². The fraction of sp³-hybridized carbons (Fsp3) is 0.238. The third-order valence-corrected chi connectivity index (χ3v) is 4.28. The van der Waals surface area contributed by atoms with Crippen molar-refractivity contribution >= 4 is 5.91 Å². The molecule has 3 aromatic rings. The molecule has 1 amide bonds. The highest BCUT2D eigenvalue weighted by Gasteiger charge is 2.15. The second-order valence-electron chi connectivity index (χ2n) is 6.26. The lowest BCUT2D eigenvalue weighted by atomic mass is 10.1. The third kappa shape index (κ3) is 4.43. The van der Waals surface area contributed by atoms with Crippen molar-refractivity contribution in [2.45, 2.75) is 6.54 Å². The molecule has 8 nitrogen and oxygen atoms in total. The van der Waals surface area contributed by atoms with Crippen molar-refractivity contribution in [3.05, 3.63) is 54.2 Å².